The van der Waals surface area contributed by atoms with Gasteiger partial charge in [0, 0.05) is 6.04 Å². The van der Waals surface area contributed by atoms with Crippen LogP contribution >= 0.6 is 0 Å². The summed E-state index contributed by atoms with van der Waals surface area (Å²) in [6, 6.07) is 11.4. The largest absolute Gasteiger partial charge is 0.388 e. The van der Waals surface area contributed by atoms with Gasteiger partial charge in [-0.2, -0.15) is 0 Å². The van der Waals surface area contributed by atoms with Crippen LogP contribution in [-0.4, -0.2) is 35.7 Å². The van der Waals surface area contributed by atoms with Gasteiger partial charge in [0.2, 0.25) is 0 Å². The molecule has 1 N–H and O–H groups in total. The molecule has 1 saturated carbocycles. The van der Waals surface area contributed by atoms with E-state index in [0.29, 0.717) is 0 Å². The van der Waals surface area contributed by atoms with Crippen molar-refractivity contribution in [2.24, 2.45) is 0 Å². The topological polar surface area (TPSA) is 23.5 Å². The minimum Gasteiger partial charge on any atom is -0.388 e. The summed E-state index contributed by atoms with van der Waals surface area (Å²) < 4.78 is 0. The number of hydrogen-bond donors (Lipinski definition) is 1. The Hall–Kier alpha value is -0.860. The van der Waals surface area contributed by atoms with E-state index in [1.165, 1.54) is 12.0 Å². The lowest BCUT2D eigenvalue weighted by Gasteiger charge is -2.42. The van der Waals surface area contributed by atoms with Gasteiger partial charge in [0.1, 0.15) is 0 Å². The molecule has 1 unspecified atom stereocenters. The predicted molar refractivity (Wildman–Crippen MR) is 74.5 cm³/mol. The normalized spacial score (nSPS) is 20.9. The maximum absolute atomic E-state index is 10.9. The van der Waals surface area contributed by atoms with Gasteiger partial charge in [0.25, 0.3) is 0 Å². The molecule has 0 heterocycles. The van der Waals surface area contributed by atoms with Crippen LogP contribution < -0.4 is 0 Å². The molecule has 1 aromatic carbocycles. The van der Waals surface area contributed by atoms with E-state index in [1.54, 1.807) is 0 Å². The lowest BCUT2D eigenvalue weighted by molar-refractivity contribution is -0.0601. The van der Waals surface area contributed by atoms with Crippen LogP contribution in [0.5, 0.6) is 0 Å². The van der Waals surface area contributed by atoms with Crippen LogP contribution in [0.25, 0.3) is 0 Å². The van der Waals surface area contributed by atoms with Gasteiger partial charge in [-0.05, 0) is 45.0 Å². The molecular weight excluding hydrogens is 222 g/mol. The summed E-state index contributed by atoms with van der Waals surface area (Å²) in [4.78, 5) is 2.18. The van der Waals surface area contributed by atoms with Gasteiger partial charge in [-0.1, -0.05) is 43.5 Å². The van der Waals surface area contributed by atoms with Crippen LogP contribution in [-0.2, 0) is 6.42 Å². The number of benzene rings is 1. The Kier molecular flexibility index (Phi) is 4.41. The van der Waals surface area contributed by atoms with Crippen molar-refractivity contribution >= 4 is 0 Å². The van der Waals surface area contributed by atoms with Gasteiger partial charge in [-0.15, -0.1) is 0 Å². The zero-order valence-electron chi connectivity index (χ0n) is 11.5. The van der Waals surface area contributed by atoms with Crippen molar-refractivity contribution < 1.29 is 5.11 Å². The van der Waals surface area contributed by atoms with Crippen LogP contribution in [0.3, 0.4) is 0 Å². The average molecular weight is 246 g/mol. The first-order valence-corrected chi connectivity index (χ1v) is 6.96. The van der Waals surface area contributed by atoms with Crippen molar-refractivity contribution in [1.29, 1.82) is 0 Å². The Morgan fingerprint density at radius 1 is 1.22 bits per heavy atom. The fourth-order valence-electron chi connectivity index (χ4n) is 3.13. The molecule has 1 aliphatic rings. The lowest BCUT2D eigenvalue weighted by Crippen LogP contribution is -2.52. The second-order valence-electron chi connectivity index (χ2n) is 5.76. The maximum Gasteiger partial charge on any atom is 0.0805 e. The molecule has 1 aromatic rings. The van der Waals surface area contributed by atoms with Crippen LogP contribution in [0.1, 0.15) is 37.7 Å². The zero-order valence-corrected chi connectivity index (χ0v) is 11.5. The number of rotatable bonds is 4. The molecular formula is C16H24NO. The number of nitrogens with zero attached hydrogens (tertiary/aromatic N) is 1. The predicted octanol–water partition coefficient (Wildman–Crippen LogP) is 2.65. The highest BCUT2D eigenvalue weighted by atomic mass is 16.3. The first-order valence-electron chi connectivity index (χ1n) is 6.96. The van der Waals surface area contributed by atoms with Crippen molar-refractivity contribution in [3.63, 3.8) is 0 Å². The van der Waals surface area contributed by atoms with Crippen LogP contribution in [0.15, 0.2) is 24.3 Å². The SMILES string of the molecule is CN(C)C(Cc1cc[c]cc1)C1(O)CCCCC1. The van der Waals surface area contributed by atoms with E-state index in [0.717, 1.165) is 32.1 Å². The third-order valence-corrected chi connectivity index (χ3v) is 4.18. The molecule has 2 rings (SSSR count). The third-order valence-electron chi connectivity index (χ3n) is 4.18. The average Bonchev–Trinajstić information content (AvgIpc) is 2.37. The van der Waals surface area contributed by atoms with Crippen molar-refractivity contribution in [2.75, 3.05) is 14.1 Å². The highest BCUT2D eigenvalue weighted by molar-refractivity contribution is 5.16. The molecule has 0 amide bonds. The summed E-state index contributed by atoms with van der Waals surface area (Å²) in [6.45, 7) is 0. The smallest absolute Gasteiger partial charge is 0.0805 e. The minimum absolute atomic E-state index is 0.209. The van der Waals surface area contributed by atoms with E-state index < -0.39 is 5.60 Å². The van der Waals surface area contributed by atoms with Crippen molar-refractivity contribution in [3.05, 3.63) is 35.9 Å². The number of likely N-dealkylation sites (N-methyl/N-ethyl adjacent to an activating group) is 1. The summed E-state index contributed by atoms with van der Waals surface area (Å²) in [5.74, 6) is 0. The first-order chi connectivity index (χ1) is 8.62. The van der Waals surface area contributed by atoms with E-state index >= 15 is 0 Å². The van der Waals surface area contributed by atoms with Gasteiger partial charge in [-0.25, -0.2) is 0 Å². The highest BCUT2D eigenvalue weighted by Crippen LogP contribution is 2.34. The molecule has 1 aliphatic carbocycles. The van der Waals surface area contributed by atoms with Gasteiger partial charge in [0.15, 0.2) is 0 Å². The lowest BCUT2D eigenvalue weighted by atomic mass is 9.77. The highest BCUT2D eigenvalue weighted by Gasteiger charge is 2.38. The van der Waals surface area contributed by atoms with E-state index in [-0.39, 0.29) is 6.04 Å². The van der Waals surface area contributed by atoms with Gasteiger partial charge in [-0.3, -0.25) is 0 Å². The maximum atomic E-state index is 10.9. The van der Waals surface area contributed by atoms with Crippen LogP contribution in [0.4, 0.5) is 0 Å². The fourth-order valence-corrected chi connectivity index (χ4v) is 3.13. The van der Waals surface area contributed by atoms with E-state index in [2.05, 4.69) is 37.2 Å². The van der Waals surface area contributed by atoms with Crippen molar-refractivity contribution in [1.82, 2.24) is 4.90 Å². The summed E-state index contributed by atoms with van der Waals surface area (Å²) in [5.41, 5.74) is 0.771. The van der Waals surface area contributed by atoms with Gasteiger partial charge in [0.05, 0.1) is 5.60 Å². The second-order valence-corrected chi connectivity index (χ2v) is 5.76. The Balaban J connectivity index is 2.13. The molecule has 0 aromatic heterocycles. The molecule has 1 fully saturated rings. The van der Waals surface area contributed by atoms with E-state index in [4.69, 9.17) is 0 Å². The quantitative estimate of drug-likeness (QED) is 0.883. The van der Waals surface area contributed by atoms with E-state index in [9.17, 15) is 5.11 Å². The van der Waals surface area contributed by atoms with Gasteiger partial charge < -0.3 is 10.0 Å². The summed E-state index contributed by atoms with van der Waals surface area (Å²) in [7, 11) is 4.15. The Bertz CT molecular complexity index is 355. The Morgan fingerprint density at radius 3 is 2.39 bits per heavy atom. The second kappa shape index (κ2) is 5.85. The number of aliphatic hydroxyl groups is 1. The first kappa shape index (κ1) is 13.6. The summed E-state index contributed by atoms with van der Waals surface area (Å²) >= 11 is 0. The molecule has 18 heavy (non-hydrogen) atoms. The summed E-state index contributed by atoms with van der Waals surface area (Å²) in [5, 5.41) is 10.9. The van der Waals surface area contributed by atoms with Gasteiger partial charge >= 0.3 is 0 Å². The van der Waals surface area contributed by atoms with Crippen molar-refractivity contribution in [2.45, 2.75) is 50.2 Å². The van der Waals surface area contributed by atoms with Crippen LogP contribution in [0, 0.1) is 6.07 Å². The van der Waals surface area contributed by atoms with Crippen LogP contribution in [0.2, 0.25) is 0 Å². The molecule has 0 bridgehead atoms. The monoisotopic (exact) mass is 246 g/mol. The molecule has 0 aliphatic heterocycles. The molecule has 0 spiro atoms. The number of hydrogen-bond acceptors (Lipinski definition) is 2. The Labute approximate surface area is 111 Å². The van der Waals surface area contributed by atoms with E-state index in [1.807, 2.05) is 12.1 Å². The molecule has 2 nitrogen and oxygen atoms in total. The molecule has 99 valence electrons. The van der Waals surface area contributed by atoms with Crippen molar-refractivity contribution in [3.8, 4) is 0 Å². The standard InChI is InChI=1S/C16H24NO/c1-17(2)15(13-14-9-5-3-6-10-14)16(18)11-7-4-8-12-16/h5-6,9-10,15,18H,4,7-8,11-13H2,1-2H3. The minimum atomic E-state index is -0.513. The molecule has 1 radical (unpaired) electrons. The third kappa shape index (κ3) is 3.12. The Morgan fingerprint density at radius 2 is 1.83 bits per heavy atom. The fraction of sp³-hybridized carbons (Fsp3) is 0.625. The zero-order chi connectivity index (χ0) is 13.0. The summed E-state index contributed by atoms with van der Waals surface area (Å²) in [6.07, 6.45) is 6.37. The molecule has 1 atom stereocenters. The molecule has 2 heteroatoms. The molecule has 0 saturated heterocycles.